The van der Waals surface area contributed by atoms with Gasteiger partial charge in [0.05, 0.1) is 17.7 Å². The minimum Gasteiger partial charge on any atom is -0.507 e. The summed E-state index contributed by atoms with van der Waals surface area (Å²) in [5.41, 5.74) is 3.22. The molecule has 8 nitrogen and oxygen atoms in total. The average molecular weight is 475 g/mol. The molecule has 9 heteroatoms. The molecule has 0 atom stereocenters. The Morgan fingerprint density at radius 2 is 1.76 bits per heavy atom. The maximum atomic E-state index is 11.3. The lowest BCUT2D eigenvalue weighted by Crippen LogP contribution is -1.97. The first-order chi connectivity index (χ1) is 16.4. The van der Waals surface area contributed by atoms with E-state index in [9.17, 15) is 15.2 Å². The Hall–Kier alpha value is -4.43. The van der Waals surface area contributed by atoms with Crippen LogP contribution in [0.3, 0.4) is 0 Å². The van der Waals surface area contributed by atoms with Crippen LogP contribution in [0.4, 0.5) is 28.4 Å². The fourth-order valence-corrected chi connectivity index (χ4v) is 3.48. The molecule has 0 bridgehead atoms. The third kappa shape index (κ3) is 5.13. The molecule has 0 aromatic heterocycles. The number of nitro benzene ring substituents is 1. The van der Waals surface area contributed by atoms with Crippen molar-refractivity contribution < 1.29 is 14.8 Å². The zero-order valence-corrected chi connectivity index (χ0v) is 18.7. The SMILES string of the molecule is COc1cc(Nc2cc(Cl)ccc2[N+](=O)[O-])ccc1N=Nc1ccc(O)c(-c2ccccc2)c1. The summed E-state index contributed by atoms with van der Waals surface area (Å²) < 4.78 is 5.43. The van der Waals surface area contributed by atoms with Crippen molar-refractivity contribution in [3.63, 3.8) is 0 Å². The van der Waals surface area contributed by atoms with E-state index in [1.54, 1.807) is 36.4 Å². The second kappa shape index (κ2) is 10.0. The van der Waals surface area contributed by atoms with Crippen LogP contribution in [0.15, 0.2) is 95.2 Å². The van der Waals surface area contributed by atoms with Crippen molar-refractivity contribution in [2.45, 2.75) is 0 Å². The lowest BCUT2D eigenvalue weighted by Gasteiger charge is -2.10. The molecule has 0 heterocycles. The summed E-state index contributed by atoms with van der Waals surface area (Å²) in [6, 6.07) is 23.8. The number of halogens is 1. The number of phenols is 1. The lowest BCUT2D eigenvalue weighted by atomic mass is 10.0. The van der Waals surface area contributed by atoms with E-state index in [1.807, 2.05) is 30.3 Å². The summed E-state index contributed by atoms with van der Waals surface area (Å²) in [6.45, 7) is 0. The number of ether oxygens (including phenoxy) is 1. The van der Waals surface area contributed by atoms with Gasteiger partial charge in [0, 0.05) is 28.4 Å². The number of methoxy groups -OCH3 is 1. The molecule has 0 saturated carbocycles. The van der Waals surface area contributed by atoms with Crippen LogP contribution in [-0.2, 0) is 0 Å². The third-order valence-electron chi connectivity index (χ3n) is 4.95. The van der Waals surface area contributed by atoms with Gasteiger partial charge in [-0.05, 0) is 48.0 Å². The maximum Gasteiger partial charge on any atom is 0.292 e. The van der Waals surface area contributed by atoms with Gasteiger partial charge < -0.3 is 15.2 Å². The molecule has 4 aromatic carbocycles. The van der Waals surface area contributed by atoms with E-state index in [-0.39, 0.29) is 17.1 Å². The van der Waals surface area contributed by atoms with E-state index < -0.39 is 4.92 Å². The molecule has 0 fully saturated rings. The first-order valence-electron chi connectivity index (χ1n) is 10.1. The van der Waals surface area contributed by atoms with Crippen molar-refractivity contribution >= 4 is 40.0 Å². The van der Waals surface area contributed by atoms with E-state index >= 15 is 0 Å². The number of rotatable bonds is 7. The quantitative estimate of drug-likeness (QED) is 0.161. The molecule has 0 unspecified atom stereocenters. The van der Waals surface area contributed by atoms with E-state index in [1.165, 1.54) is 25.3 Å². The topological polar surface area (TPSA) is 109 Å². The summed E-state index contributed by atoms with van der Waals surface area (Å²) >= 11 is 6.00. The lowest BCUT2D eigenvalue weighted by molar-refractivity contribution is -0.383. The van der Waals surface area contributed by atoms with Gasteiger partial charge in [0.15, 0.2) is 0 Å². The van der Waals surface area contributed by atoms with Crippen LogP contribution in [0, 0.1) is 10.1 Å². The molecular weight excluding hydrogens is 456 g/mol. The highest BCUT2D eigenvalue weighted by molar-refractivity contribution is 6.31. The van der Waals surface area contributed by atoms with Gasteiger partial charge in [0.2, 0.25) is 0 Å². The van der Waals surface area contributed by atoms with Crippen molar-refractivity contribution in [3.05, 3.63) is 100 Å². The van der Waals surface area contributed by atoms with Gasteiger partial charge >= 0.3 is 0 Å². The Morgan fingerprint density at radius 1 is 0.971 bits per heavy atom. The first kappa shape index (κ1) is 22.8. The fourth-order valence-electron chi connectivity index (χ4n) is 3.31. The highest BCUT2D eigenvalue weighted by Crippen LogP contribution is 2.37. The number of nitrogens with one attached hydrogen (secondary N) is 1. The standard InChI is InChI=1S/C25H19ClN4O4/c1-34-25-15-18(27-22-13-17(26)7-11-23(22)30(32)33)8-10-21(25)29-28-19-9-12-24(31)20(14-19)16-5-3-2-4-6-16/h2-15,27,31H,1H3. The molecule has 0 spiro atoms. The second-order valence-electron chi connectivity index (χ2n) is 7.20. The Labute approximate surface area is 200 Å². The van der Waals surface area contributed by atoms with Gasteiger partial charge in [-0.1, -0.05) is 41.9 Å². The van der Waals surface area contributed by atoms with Crippen LogP contribution in [0.1, 0.15) is 0 Å². The van der Waals surface area contributed by atoms with E-state index in [0.29, 0.717) is 33.4 Å². The zero-order chi connectivity index (χ0) is 24.1. The molecule has 0 aliphatic heterocycles. The zero-order valence-electron chi connectivity index (χ0n) is 18.0. The number of azo groups is 1. The molecule has 0 aliphatic rings. The van der Waals surface area contributed by atoms with E-state index in [4.69, 9.17) is 16.3 Å². The Bertz CT molecular complexity index is 1380. The summed E-state index contributed by atoms with van der Waals surface area (Å²) in [6.07, 6.45) is 0. The Morgan fingerprint density at radius 3 is 2.50 bits per heavy atom. The second-order valence-corrected chi connectivity index (χ2v) is 7.63. The molecule has 0 saturated heterocycles. The average Bonchev–Trinajstić information content (AvgIpc) is 2.84. The van der Waals surface area contributed by atoms with Gasteiger partial charge in [-0.2, -0.15) is 5.11 Å². The molecule has 4 rings (SSSR count). The van der Waals surface area contributed by atoms with Crippen molar-refractivity contribution in [2.75, 3.05) is 12.4 Å². The van der Waals surface area contributed by atoms with Gasteiger partial charge in [-0.3, -0.25) is 10.1 Å². The van der Waals surface area contributed by atoms with E-state index in [2.05, 4.69) is 15.5 Å². The third-order valence-corrected chi connectivity index (χ3v) is 5.19. The molecule has 170 valence electrons. The normalized spacial score (nSPS) is 10.9. The summed E-state index contributed by atoms with van der Waals surface area (Å²) in [4.78, 5) is 10.8. The predicted octanol–water partition coefficient (Wildman–Crippen LogP) is 7.79. The van der Waals surface area contributed by atoms with Crippen LogP contribution in [0.2, 0.25) is 5.02 Å². The monoisotopic (exact) mass is 474 g/mol. The molecule has 0 radical (unpaired) electrons. The minimum absolute atomic E-state index is 0.103. The number of benzene rings is 4. The molecule has 0 amide bonds. The number of hydrogen-bond donors (Lipinski definition) is 2. The smallest absolute Gasteiger partial charge is 0.292 e. The highest BCUT2D eigenvalue weighted by Gasteiger charge is 2.15. The minimum atomic E-state index is -0.486. The van der Waals surface area contributed by atoms with Crippen LogP contribution in [-0.4, -0.2) is 17.1 Å². The molecule has 0 aliphatic carbocycles. The number of aromatic hydroxyl groups is 1. The summed E-state index contributed by atoms with van der Waals surface area (Å²) in [7, 11) is 1.49. The van der Waals surface area contributed by atoms with Crippen molar-refractivity contribution in [3.8, 4) is 22.6 Å². The highest BCUT2D eigenvalue weighted by atomic mass is 35.5. The summed E-state index contributed by atoms with van der Waals surface area (Å²) in [5.74, 6) is 0.564. The largest absolute Gasteiger partial charge is 0.507 e. The first-order valence-corrected chi connectivity index (χ1v) is 10.5. The van der Waals surface area contributed by atoms with Crippen molar-refractivity contribution in [1.82, 2.24) is 0 Å². The molecule has 34 heavy (non-hydrogen) atoms. The van der Waals surface area contributed by atoms with Crippen LogP contribution >= 0.6 is 11.6 Å². The number of nitro groups is 1. The molecular formula is C25H19ClN4O4. The molecule has 4 aromatic rings. The fraction of sp³-hybridized carbons (Fsp3) is 0.0400. The molecule has 2 N–H and O–H groups in total. The maximum absolute atomic E-state index is 11.3. The van der Waals surface area contributed by atoms with Crippen LogP contribution in [0.25, 0.3) is 11.1 Å². The Balaban J connectivity index is 1.60. The van der Waals surface area contributed by atoms with Crippen LogP contribution in [0.5, 0.6) is 11.5 Å². The Kier molecular flexibility index (Phi) is 6.70. The summed E-state index contributed by atoms with van der Waals surface area (Å²) in [5, 5.41) is 33.5. The predicted molar refractivity (Wildman–Crippen MR) is 132 cm³/mol. The number of phenolic OH excluding ortho intramolecular Hbond substituents is 1. The van der Waals surface area contributed by atoms with E-state index in [0.717, 1.165) is 5.56 Å². The number of anilines is 2. The van der Waals surface area contributed by atoms with Crippen LogP contribution < -0.4 is 10.1 Å². The van der Waals surface area contributed by atoms with Gasteiger partial charge in [0.1, 0.15) is 22.9 Å². The number of nitrogens with zero attached hydrogens (tertiary/aromatic N) is 3. The van der Waals surface area contributed by atoms with Gasteiger partial charge in [-0.15, -0.1) is 5.11 Å². The van der Waals surface area contributed by atoms with Gasteiger partial charge in [0.25, 0.3) is 5.69 Å². The van der Waals surface area contributed by atoms with Crippen molar-refractivity contribution in [2.24, 2.45) is 10.2 Å². The van der Waals surface area contributed by atoms with Gasteiger partial charge in [-0.25, -0.2) is 0 Å². The number of hydrogen-bond acceptors (Lipinski definition) is 7. The van der Waals surface area contributed by atoms with Crippen molar-refractivity contribution in [1.29, 1.82) is 0 Å².